The molecule has 3 aliphatic carbocycles. The van der Waals surface area contributed by atoms with Crippen LogP contribution in [-0.2, 0) is 14.6 Å². The van der Waals surface area contributed by atoms with Gasteiger partial charge in [0, 0.05) is 22.3 Å². The van der Waals surface area contributed by atoms with E-state index in [1.165, 1.54) is 19.1 Å². The lowest BCUT2D eigenvalue weighted by molar-refractivity contribution is -0.108. The van der Waals surface area contributed by atoms with Crippen LogP contribution in [0.3, 0.4) is 0 Å². The fraction of sp³-hybridized carbons (Fsp3) is 0.654. The lowest BCUT2D eigenvalue weighted by Gasteiger charge is -2.60. The molecule has 0 N–H and O–H groups in total. The molecule has 1 aliphatic heterocycles. The minimum absolute atomic E-state index is 0.109. The second-order valence-electron chi connectivity index (χ2n) is 11.1. The summed E-state index contributed by atoms with van der Waals surface area (Å²) in [6.07, 6.45) is 11.1. The van der Waals surface area contributed by atoms with Crippen molar-refractivity contribution in [2.45, 2.75) is 69.1 Å². The fourth-order valence-electron chi connectivity index (χ4n) is 7.61. The van der Waals surface area contributed by atoms with E-state index in [1.807, 2.05) is 6.08 Å². The van der Waals surface area contributed by atoms with Gasteiger partial charge in [-0.15, -0.1) is 0 Å². The molecule has 0 aromatic heterocycles. The minimum atomic E-state index is -3.20. The first-order chi connectivity index (χ1) is 15.0. The normalized spacial score (nSPS) is 43.3. The summed E-state index contributed by atoms with van der Waals surface area (Å²) in [6, 6.07) is 6.90. The van der Waals surface area contributed by atoms with Gasteiger partial charge < -0.3 is 4.74 Å². The van der Waals surface area contributed by atoms with E-state index in [0.29, 0.717) is 33.8 Å². The summed E-state index contributed by atoms with van der Waals surface area (Å²) in [5, 5.41) is 0.623. The number of thioether (sulfide) groups is 1. The standard InChI is InChI=1S/C26H34O4S2/c1-16-15-22-26(3,14-12-23(27)31-22)20-11-13-25(2)19(24(16)20)9-10-21(25)30-17-5-7-18(8-6-17)32(4,28)29/h5-8,12,14,16,19-22,24H,9-11,13,15H2,1-4H3/t16?,19-,20+,21?,22?,24-,25-,26+/m0/s1. The monoisotopic (exact) mass is 474 g/mol. The van der Waals surface area contributed by atoms with Crippen LogP contribution < -0.4 is 4.74 Å². The highest BCUT2D eigenvalue weighted by Crippen LogP contribution is 2.66. The van der Waals surface area contributed by atoms with Crippen molar-refractivity contribution in [1.82, 2.24) is 0 Å². The average molecular weight is 475 g/mol. The van der Waals surface area contributed by atoms with Gasteiger partial charge in [0.2, 0.25) is 5.12 Å². The molecule has 0 saturated heterocycles. The van der Waals surface area contributed by atoms with E-state index in [4.69, 9.17) is 4.74 Å². The largest absolute Gasteiger partial charge is 0.490 e. The number of allylic oxidation sites excluding steroid dienone is 1. The van der Waals surface area contributed by atoms with Gasteiger partial charge in [-0.2, -0.15) is 0 Å². The van der Waals surface area contributed by atoms with E-state index >= 15 is 0 Å². The third-order valence-corrected chi connectivity index (χ3v) is 11.8. The smallest absolute Gasteiger partial charge is 0.212 e. The maximum absolute atomic E-state index is 12.1. The van der Waals surface area contributed by atoms with Crippen molar-refractivity contribution in [1.29, 1.82) is 0 Å². The predicted octanol–water partition coefficient (Wildman–Crippen LogP) is 5.52. The summed E-state index contributed by atoms with van der Waals surface area (Å²) in [7, 11) is -3.20. The molecule has 8 atom stereocenters. The molecule has 32 heavy (non-hydrogen) atoms. The van der Waals surface area contributed by atoms with Gasteiger partial charge >= 0.3 is 0 Å². The lowest BCUT2D eigenvalue weighted by atomic mass is 9.47. The Labute approximate surface area is 196 Å². The molecule has 174 valence electrons. The van der Waals surface area contributed by atoms with Crippen molar-refractivity contribution >= 4 is 26.7 Å². The van der Waals surface area contributed by atoms with Crippen molar-refractivity contribution in [3.05, 3.63) is 36.4 Å². The maximum Gasteiger partial charge on any atom is 0.212 e. The van der Waals surface area contributed by atoms with Gasteiger partial charge in [0.15, 0.2) is 9.84 Å². The topological polar surface area (TPSA) is 60.4 Å². The first-order valence-electron chi connectivity index (χ1n) is 11.9. The van der Waals surface area contributed by atoms with Crippen molar-refractivity contribution in [3.8, 4) is 5.75 Å². The van der Waals surface area contributed by atoms with E-state index in [0.717, 1.165) is 25.0 Å². The summed E-state index contributed by atoms with van der Waals surface area (Å²) in [5.41, 5.74) is 0.243. The van der Waals surface area contributed by atoms with Gasteiger partial charge in [0.05, 0.1) is 4.90 Å². The number of fused-ring (bicyclic) bond motifs is 5. The molecule has 3 unspecified atom stereocenters. The summed E-state index contributed by atoms with van der Waals surface area (Å²) < 4.78 is 30.1. The van der Waals surface area contributed by atoms with Crippen LogP contribution in [-0.4, -0.2) is 31.1 Å². The molecule has 6 heteroatoms. The first kappa shape index (κ1) is 22.5. The van der Waals surface area contributed by atoms with E-state index in [1.54, 1.807) is 36.0 Å². The molecular weight excluding hydrogens is 440 g/mol. The Hall–Kier alpha value is -1.27. The fourth-order valence-corrected chi connectivity index (χ4v) is 9.57. The Morgan fingerprint density at radius 2 is 1.78 bits per heavy atom. The second kappa shape index (κ2) is 7.63. The van der Waals surface area contributed by atoms with Crippen LogP contribution >= 0.6 is 11.8 Å². The van der Waals surface area contributed by atoms with Crippen molar-refractivity contribution < 1.29 is 17.9 Å². The Morgan fingerprint density at radius 3 is 2.47 bits per heavy atom. The van der Waals surface area contributed by atoms with Crippen molar-refractivity contribution in [3.63, 3.8) is 0 Å². The van der Waals surface area contributed by atoms with Gasteiger partial charge in [-0.25, -0.2) is 8.42 Å². The quantitative estimate of drug-likeness (QED) is 0.577. The molecule has 3 saturated carbocycles. The first-order valence-corrected chi connectivity index (χ1v) is 14.7. The Bertz CT molecular complexity index is 1050. The predicted molar refractivity (Wildman–Crippen MR) is 128 cm³/mol. The van der Waals surface area contributed by atoms with Crippen LogP contribution in [0.15, 0.2) is 41.3 Å². The van der Waals surface area contributed by atoms with Gasteiger partial charge in [-0.1, -0.05) is 38.6 Å². The number of hydrogen-bond acceptors (Lipinski definition) is 5. The molecule has 4 aliphatic rings. The molecule has 4 nitrogen and oxygen atoms in total. The molecule has 1 aromatic rings. The highest BCUT2D eigenvalue weighted by Gasteiger charge is 2.62. The minimum Gasteiger partial charge on any atom is -0.490 e. The SMILES string of the molecule is CC1CC2SC(=O)C=C[C@]2(C)[C@@H]2CC[C@]3(C)C(Oc4ccc(S(C)(=O)=O)cc4)CC[C@H]3[C@H]12. The number of hydrogen-bond donors (Lipinski definition) is 0. The summed E-state index contributed by atoms with van der Waals surface area (Å²) in [5.74, 6) is 3.29. The summed E-state index contributed by atoms with van der Waals surface area (Å²) in [6.45, 7) is 7.23. The number of ether oxygens (including phenoxy) is 1. The zero-order valence-corrected chi connectivity index (χ0v) is 21.0. The van der Waals surface area contributed by atoms with Crippen LogP contribution in [0.1, 0.15) is 52.9 Å². The summed E-state index contributed by atoms with van der Waals surface area (Å²) in [4.78, 5) is 12.4. The molecule has 0 bridgehead atoms. The lowest BCUT2D eigenvalue weighted by Crippen LogP contribution is -2.56. The van der Waals surface area contributed by atoms with Gasteiger partial charge in [-0.3, -0.25) is 4.79 Å². The van der Waals surface area contributed by atoms with Crippen LogP contribution in [0.5, 0.6) is 5.75 Å². The van der Waals surface area contributed by atoms with Crippen LogP contribution in [0.25, 0.3) is 0 Å². The van der Waals surface area contributed by atoms with E-state index in [-0.39, 0.29) is 22.0 Å². The third-order valence-electron chi connectivity index (χ3n) is 9.35. The van der Waals surface area contributed by atoms with Gasteiger partial charge in [0.1, 0.15) is 11.9 Å². The summed E-state index contributed by atoms with van der Waals surface area (Å²) >= 11 is 1.56. The molecule has 0 amide bonds. The number of rotatable bonds is 3. The highest BCUT2D eigenvalue weighted by atomic mass is 32.2. The Balaban J connectivity index is 1.39. The molecule has 0 radical (unpaired) electrons. The van der Waals surface area contributed by atoms with E-state index in [9.17, 15) is 13.2 Å². The number of benzene rings is 1. The van der Waals surface area contributed by atoms with E-state index < -0.39 is 9.84 Å². The number of carbonyl (C=O) groups excluding carboxylic acids is 1. The molecule has 1 heterocycles. The van der Waals surface area contributed by atoms with Crippen molar-refractivity contribution in [2.75, 3.05) is 6.26 Å². The Kier molecular flexibility index (Phi) is 5.37. The number of sulfone groups is 1. The van der Waals surface area contributed by atoms with E-state index in [2.05, 4.69) is 26.8 Å². The van der Waals surface area contributed by atoms with Crippen LogP contribution in [0, 0.1) is 34.5 Å². The maximum atomic E-state index is 12.1. The van der Waals surface area contributed by atoms with Crippen molar-refractivity contribution in [2.24, 2.45) is 34.5 Å². The van der Waals surface area contributed by atoms with Crippen LogP contribution in [0.4, 0.5) is 0 Å². The molecular formula is C26H34O4S2. The zero-order valence-electron chi connectivity index (χ0n) is 19.4. The van der Waals surface area contributed by atoms with Gasteiger partial charge in [0.25, 0.3) is 0 Å². The zero-order chi connectivity index (χ0) is 22.9. The van der Waals surface area contributed by atoms with Crippen LogP contribution in [0.2, 0.25) is 0 Å². The molecule has 5 rings (SSSR count). The Morgan fingerprint density at radius 1 is 1.06 bits per heavy atom. The van der Waals surface area contributed by atoms with Gasteiger partial charge in [-0.05, 0) is 86.1 Å². The third kappa shape index (κ3) is 3.48. The molecule has 0 spiro atoms. The average Bonchev–Trinajstić information content (AvgIpc) is 3.05. The second-order valence-corrected chi connectivity index (χ2v) is 14.3. The number of carbonyl (C=O) groups is 1. The highest BCUT2D eigenvalue weighted by molar-refractivity contribution is 8.14. The molecule has 3 fully saturated rings. The molecule has 1 aromatic carbocycles.